The fraction of sp³-hybridized carbons (Fsp3) is 0.778. The molecule has 0 atom stereocenters. The predicted molar refractivity (Wildman–Crippen MR) is 57.1 cm³/mol. The Balaban J connectivity index is 4.21. The maximum Gasteiger partial charge on any atom is 0.211 e. The second kappa shape index (κ2) is 4.25. The smallest absolute Gasteiger partial charge is 0.211 e. The number of guanidine groups is 1. The highest BCUT2D eigenvalue weighted by molar-refractivity contribution is 5.88. The molecule has 13 heavy (non-hydrogen) atoms. The first kappa shape index (κ1) is 11.9. The highest BCUT2D eigenvalue weighted by Gasteiger charge is 2.14. The summed E-state index contributed by atoms with van der Waals surface area (Å²) in [7, 11) is 3.61. The Labute approximate surface area is 80.5 Å². The fourth-order valence-corrected chi connectivity index (χ4v) is 0.405. The van der Waals surface area contributed by atoms with Gasteiger partial charge in [-0.2, -0.15) is 5.10 Å². The molecular weight excluding hydrogens is 164 g/mol. The maximum atomic E-state index is 7.45. The second-order valence-corrected chi connectivity index (χ2v) is 4.30. The van der Waals surface area contributed by atoms with Gasteiger partial charge in [0.25, 0.3) is 0 Å². The van der Waals surface area contributed by atoms with Gasteiger partial charge in [-0.05, 0) is 6.92 Å². The summed E-state index contributed by atoms with van der Waals surface area (Å²) in [6.45, 7) is 8.22. The van der Waals surface area contributed by atoms with E-state index in [9.17, 15) is 0 Å². The molecular formula is C9H20N4. The third-order valence-electron chi connectivity index (χ3n) is 1.86. The van der Waals surface area contributed by atoms with Gasteiger partial charge in [0, 0.05) is 25.2 Å². The van der Waals surface area contributed by atoms with E-state index in [-0.39, 0.29) is 5.41 Å². The first-order chi connectivity index (χ1) is 5.75. The number of hydrogen-bond acceptors (Lipinski definition) is 2. The minimum absolute atomic E-state index is 0.0552. The van der Waals surface area contributed by atoms with Crippen molar-refractivity contribution in [2.75, 3.05) is 14.1 Å². The summed E-state index contributed by atoms with van der Waals surface area (Å²) >= 11 is 0. The lowest BCUT2D eigenvalue weighted by molar-refractivity contribution is 0.566. The summed E-state index contributed by atoms with van der Waals surface area (Å²) in [6, 6.07) is 0. The Hall–Kier alpha value is -1.06. The van der Waals surface area contributed by atoms with Crippen molar-refractivity contribution >= 4 is 11.7 Å². The Morgan fingerprint density at radius 2 is 1.77 bits per heavy atom. The Morgan fingerprint density at radius 1 is 1.31 bits per heavy atom. The Kier molecular flexibility index (Phi) is 3.91. The average Bonchev–Trinajstić information content (AvgIpc) is 1.97. The lowest BCUT2D eigenvalue weighted by atomic mass is 9.91. The zero-order valence-corrected chi connectivity index (χ0v) is 9.39. The van der Waals surface area contributed by atoms with Gasteiger partial charge in [-0.25, -0.2) is 5.43 Å². The van der Waals surface area contributed by atoms with Crippen LogP contribution in [0.5, 0.6) is 0 Å². The van der Waals surface area contributed by atoms with Crippen molar-refractivity contribution in [3.8, 4) is 0 Å². The second-order valence-electron chi connectivity index (χ2n) is 4.30. The molecule has 0 bridgehead atoms. The number of nitrogens with zero attached hydrogens (tertiary/aromatic N) is 2. The summed E-state index contributed by atoms with van der Waals surface area (Å²) in [6.07, 6.45) is 0. The molecule has 2 N–H and O–H groups in total. The van der Waals surface area contributed by atoms with Crippen LogP contribution in [-0.4, -0.2) is 30.7 Å². The molecule has 76 valence electrons. The van der Waals surface area contributed by atoms with Gasteiger partial charge in [-0.1, -0.05) is 20.8 Å². The summed E-state index contributed by atoms with van der Waals surface area (Å²) in [5.74, 6) is 0.295. The van der Waals surface area contributed by atoms with Gasteiger partial charge >= 0.3 is 0 Å². The lowest BCUT2D eigenvalue weighted by Crippen LogP contribution is -2.33. The van der Waals surface area contributed by atoms with Crippen LogP contribution < -0.4 is 5.43 Å². The third-order valence-corrected chi connectivity index (χ3v) is 1.86. The van der Waals surface area contributed by atoms with Crippen LogP contribution in [0.15, 0.2) is 5.10 Å². The predicted octanol–water partition coefficient (Wildman–Crippen LogP) is 1.49. The van der Waals surface area contributed by atoms with Crippen LogP contribution in [0.3, 0.4) is 0 Å². The average molecular weight is 184 g/mol. The summed E-state index contributed by atoms with van der Waals surface area (Å²) in [5, 5.41) is 11.6. The first-order valence-electron chi connectivity index (χ1n) is 4.32. The Morgan fingerprint density at radius 3 is 2.08 bits per heavy atom. The van der Waals surface area contributed by atoms with E-state index in [1.165, 1.54) is 0 Å². The highest BCUT2D eigenvalue weighted by atomic mass is 15.4. The van der Waals surface area contributed by atoms with Crippen molar-refractivity contribution in [1.29, 1.82) is 5.41 Å². The molecule has 0 fully saturated rings. The van der Waals surface area contributed by atoms with Crippen LogP contribution in [0.4, 0.5) is 0 Å². The van der Waals surface area contributed by atoms with Gasteiger partial charge in [-0.3, -0.25) is 5.41 Å². The van der Waals surface area contributed by atoms with Crippen molar-refractivity contribution in [2.45, 2.75) is 27.7 Å². The molecule has 0 aromatic carbocycles. The van der Waals surface area contributed by atoms with Gasteiger partial charge in [0.1, 0.15) is 0 Å². The van der Waals surface area contributed by atoms with E-state index in [2.05, 4.69) is 31.3 Å². The van der Waals surface area contributed by atoms with Crippen molar-refractivity contribution in [3.63, 3.8) is 0 Å². The van der Waals surface area contributed by atoms with Crippen LogP contribution >= 0.6 is 0 Å². The largest absolute Gasteiger partial charge is 0.348 e. The van der Waals surface area contributed by atoms with E-state index < -0.39 is 0 Å². The molecule has 0 rings (SSSR count). The van der Waals surface area contributed by atoms with E-state index in [0.717, 1.165) is 5.71 Å². The van der Waals surface area contributed by atoms with E-state index in [4.69, 9.17) is 5.41 Å². The molecule has 0 radical (unpaired) electrons. The standard InChI is InChI=1S/C9H20N4/c1-7(9(2,3)4)11-12-8(10)13(5)6/h1-6H3,(H2,10,12)/b11-7+. The number of nitrogens with one attached hydrogen (secondary N) is 2. The summed E-state index contributed by atoms with van der Waals surface area (Å²) in [4.78, 5) is 1.67. The van der Waals surface area contributed by atoms with Crippen LogP contribution in [-0.2, 0) is 0 Å². The van der Waals surface area contributed by atoms with Crippen LogP contribution in [0.1, 0.15) is 27.7 Å². The summed E-state index contributed by atoms with van der Waals surface area (Å²) < 4.78 is 0. The Bertz CT molecular complexity index is 210. The fourth-order valence-electron chi connectivity index (χ4n) is 0.405. The number of rotatable bonds is 1. The van der Waals surface area contributed by atoms with Gasteiger partial charge < -0.3 is 4.90 Å². The monoisotopic (exact) mass is 184 g/mol. The molecule has 0 saturated carbocycles. The zero-order valence-electron chi connectivity index (χ0n) is 9.39. The minimum atomic E-state index is 0.0552. The topological polar surface area (TPSA) is 51.5 Å². The van der Waals surface area contributed by atoms with Gasteiger partial charge in [0.15, 0.2) is 0 Å². The molecule has 0 saturated heterocycles. The molecule has 4 heteroatoms. The normalized spacial score (nSPS) is 12.6. The molecule has 0 amide bonds. The van der Waals surface area contributed by atoms with E-state index in [0.29, 0.717) is 5.96 Å². The maximum absolute atomic E-state index is 7.45. The zero-order chi connectivity index (χ0) is 10.6. The molecule has 0 heterocycles. The van der Waals surface area contributed by atoms with Gasteiger partial charge in [-0.15, -0.1) is 0 Å². The quantitative estimate of drug-likeness (QED) is 0.368. The van der Waals surface area contributed by atoms with Crippen molar-refractivity contribution in [1.82, 2.24) is 10.3 Å². The van der Waals surface area contributed by atoms with Crippen LogP contribution in [0.25, 0.3) is 0 Å². The number of hydrogen-bond donors (Lipinski definition) is 2. The highest BCUT2D eigenvalue weighted by Crippen LogP contribution is 2.14. The van der Waals surface area contributed by atoms with Crippen molar-refractivity contribution in [2.24, 2.45) is 10.5 Å². The molecule has 0 unspecified atom stereocenters. The SMILES string of the molecule is C/C(=N\NC(=N)N(C)C)C(C)(C)C. The van der Waals surface area contributed by atoms with Crippen molar-refractivity contribution < 1.29 is 0 Å². The molecule has 0 spiro atoms. The van der Waals surface area contributed by atoms with E-state index >= 15 is 0 Å². The minimum Gasteiger partial charge on any atom is -0.348 e. The molecule has 4 nitrogen and oxygen atoms in total. The molecule has 0 aliphatic carbocycles. The summed E-state index contributed by atoms with van der Waals surface area (Å²) in [5.41, 5.74) is 3.73. The number of hydrazone groups is 1. The van der Waals surface area contributed by atoms with Gasteiger partial charge in [0.2, 0.25) is 5.96 Å². The third kappa shape index (κ3) is 4.50. The lowest BCUT2D eigenvalue weighted by Gasteiger charge is -2.19. The van der Waals surface area contributed by atoms with Crippen LogP contribution in [0.2, 0.25) is 0 Å². The van der Waals surface area contributed by atoms with Gasteiger partial charge in [0.05, 0.1) is 0 Å². The van der Waals surface area contributed by atoms with E-state index in [1.807, 2.05) is 6.92 Å². The molecule has 0 aliphatic heterocycles. The molecule has 0 aromatic heterocycles. The molecule has 0 aromatic rings. The first-order valence-corrected chi connectivity index (χ1v) is 4.32. The van der Waals surface area contributed by atoms with Crippen LogP contribution in [0, 0.1) is 10.8 Å². The van der Waals surface area contributed by atoms with E-state index in [1.54, 1.807) is 19.0 Å². The van der Waals surface area contributed by atoms with Crippen molar-refractivity contribution in [3.05, 3.63) is 0 Å². The molecule has 0 aliphatic rings.